The van der Waals surface area contributed by atoms with Crippen LogP contribution in [-0.2, 0) is 0 Å². The molecule has 1 fully saturated rings. The predicted octanol–water partition coefficient (Wildman–Crippen LogP) is 3.17. The zero-order valence-electron chi connectivity index (χ0n) is 12.5. The van der Waals surface area contributed by atoms with E-state index in [-0.39, 0.29) is 5.91 Å². The monoisotopic (exact) mass is 338 g/mol. The van der Waals surface area contributed by atoms with E-state index in [9.17, 15) is 4.79 Å². The average molecular weight is 339 g/mol. The van der Waals surface area contributed by atoms with Crippen LogP contribution in [0.5, 0.6) is 0 Å². The summed E-state index contributed by atoms with van der Waals surface area (Å²) in [7, 11) is 4.07. The summed E-state index contributed by atoms with van der Waals surface area (Å²) in [6.07, 6.45) is 2.37. The SMILES string of the molecule is Cc1ccc(C(=O)N(C)CC2CCN(C)CC2)c(Br)c1. The number of hydrogen-bond donors (Lipinski definition) is 0. The molecular weight excluding hydrogens is 316 g/mol. The van der Waals surface area contributed by atoms with Gasteiger partial charge in [0.2, 0.25) is 0 Å². The van der Waals surface area contributed by atoms with Gasteiger partial charge in [-0.05, 0) is 79.4 Å². The summed E-state index contributed by atoms with van der Waals surface area (Å²) in [6, 6.07) is 5.89. The highest BCUT2D eigenvalue weighted by Crippen LogP contribution is 2.22. The predicted molar refractivity (Wildman–Crippen MR) is 86.1 cm³/mol. The van der Waals surface area contributed by atoms with Gasteiger partial charge in [0.05, 0.1) is 5.56 Å². The van der Waals surface area contributed by atoms with Crippen molar-refractivity contribution in [3.8, 4) is 0 Å². The fraction of sp³-hybridized carbons (Fsp3) is 0.562. The van der Waals surface area contributed by atoms with E-state index in [0.29, 0.717) is 5.92 Å². The van der Waals surface area contributed by atoms with Crippen LogP contribution in [0, 0.1) is 12.8 Å². The van der Waals surface area contributed by atoms with Crippen LogP contribution in [0.1, 0.15) is 28.8 Å². The normalized spacial score (nSPS) is 17.2. The van der Waals surface area contributed by atoms with Crippen molar-refractivity contribution >= 4 is 21.8 Å². The smallest absolute Gasteiger partial charge is 0.254 e. The zero-order chi connectivity index (χ0) is 14.7. The molecule has 0 aliphatic carbocycles. The number of carbonyl (C=O) groups excluding carboxylic acids is 1. The van der Waals surface area contributed by atoms with Gasteiger partial charge in [-0.2, -0.15) is 0 Å². The van der Waals surface area contributed by atoms with E-state index in [0.717, 1.165) is 35.2 Å². The Hall–Kier alpha value is -0.870. The topological polar surface area (TPSA) is 23.6 Å². The third-order valence-corrected chi connectivity index (χ3v) is 4.73. The van der Waals surface area contributed by atoms with E-state index in [4.69, 9.17) is 0 Å². The first kappa shape index (κ1) is 15.5. The summed E-state index contributed by atoms with van der Waals surface area (Å²) in [4.78, 5) is 16.7. The van der Waals surface area contributed by atoms with Gasteiger partial charge >= 0.3 is 0 Å². The molecule has 0 spiro atoms. The minimum absolute atomic E-state index is 0.107. The standard InChI is InChI=1S/C16H23BrN2O/c1-12-4-5-14(15(17)10-12)16(20)19(3)11-13-6-8-18(2)9-7-13/h4-5,10,13H,6-9,11H2,1-3H3. The number of amides is 1. The van der Waals surface area contributed by atoms with Crippen LogP contribution in [0.2, 0.25) is 0 Å². The third kappa shape index (κ3) is 3.83. The van der Waals surface area contributed by atoms with Crippen LogP contribution in [0.25, 0.3) is 0 Å². The van der Waals surface area contributed by atoms with E-state index in [1.165, 1.54) is 12.8 Å². The molecule has 1 heterocycles. The van der Waals surface area contributed by atoms with Crippen molar-refractivity contribution in [2.24, 2.45) is 5.92 Å². The number of nitrogens with zero attached hydrogens (tertiary/aromatic N) is 2. The lowest BCUT2D eigenvalue weighted by Crippen LogP contribution is -2.38. The number of benzene rings is 1. The maximum atomic E-state index is 12.5. The molecule has 0 saturated carbocycles. The quantitative estimate of drug-likeness (QED) is 0.845. The highest BCUT2D eigenvalue weighted by Gasteiger charge is 2.21. The van der Waals surface area contributed by atoms with Gasteiger partial charge in [0.25, 0.3) is 5.91 Å². The van der Waals surface area contributed by atoms with Crippen LogP contribution in [0.15, 0.2) is 22.7 Å². The summed E-state index contributed by atoms with van der Waals surface area (Å²) >= 11 is 3.49. The largest absolute Gasteiger partial charge is 0.341 e. The van der Waals surface area contributed by atoms with Crippen molar-refractivity contribution in [1.29, 1.82) is 0 Å². The fourth-order valence-electron chi connectivity index (χ4n) is 2.71. The molecule has 0 radical (unpaired) electrons. The molecule has 3 nitrogen and oxygen atoms in total. The Morgan fingerprint density at radius 1 is 1.40 bits per heavy atom. The Bertz CT molecular complexity index is 481. The molecule has 1 aliphatic heterocycles. The lowest BCUT2D eigenvalue weighted by molar-refractivity contribution is 0.0746. The molecule has 0 unspecified atom stereocenters. The number of aryl methyl sites for hydroxylation is 1. The Morgan fingerprint density at radius 3 is 2.65 bits per heavy atom. The Morgan fingerprint density at radius 2 is 2.05 bits per heavy atom. The maximum Gasteiger partial charge on any atom is 0.254 e. The van der Waals surface area contributed by atoms with Crippen LogP contribution in [0.4, 0.5) is 0 Å². The number of halogens is 1. The average Bonchev–Trinajstić information content (AvgIpc) is 2.40. The van der Waals surface area contributed by atoms with E-state index in [2.05, 4.69) is 27.9 Å². The van der Waals surface area contributed by atoms with Gasteiger partial charge in [-0.1, -0.05) is 6.07 Å². The van der Waals surface area contributed by atoms with Gasteiger partial charge in [0.15, 0.2) is 0 Å². The molecule has 2 rings (SSSR count). The highest BCUT2D eigenvalue weighted by molar-refractivity contribution is 9.10. The molecule has 20 heavy (non-hydrogen) atoms. The van der Waals surface area contributed by atoms with Gasteiger partial charge < -0.3 is 9.80 Å². The molecule has 0 atom stereocenters. The minimum atomic E-state index is 0.107. The molecule has 0 N–H and O–H groups in total. The minimum Gasteiger partial charge on any atom is -0.341 e. The summed E-state index contributed by atoms with van der Waals surface area (Å²) < 4.78 is 0.887. The van der Waals surface area contributed by atoms with Crippen LogP contribution >= 0.6 is 15.9 Å². The van der Waals surface area contributed by atoms with E-state index in [1.807, 2.05) is 37.1 Å². The molecule has 1 aromatic carbocycles. The van der Waals surface area contributed by atoms with Crippen LogP contribution < -0.4 is 0 Å². The van der Waals surface area contributed by atoms with Gasteiger partial charge in [-0.15, -0.1) is 0 Å². The van der Waals surface area contributed by atoms with Crippen LogP contribution in [-0.4, -0.2) is 49.4 Å². The molecule has 1 aliphatic rings. The fourth-order valence-corrected chi connectivity index (χ4v) is 3.38. The van der Waals surface area contributed by atoms with Gasteiger partial charge in [-0.25, -0.2) is 0 Å². The van der Waals surface area contributed by atoms with Crippen molar-refractivity contribution in [3.05, 3.63) is 33.8 Å². The second kappa shape index (κ2) is 6.72. The van der Waals surface area contributed by atoms with Crippen molar-refractivity contribution < 1.29 is 4.79 Å². The lowest BCUT2D eigenvalue weighted by atomic mass is 9.96. The number of piperidine rings is 1. The second-order valence-electron chi connectivity index (χ2n) is 5.92. The van der Waals surface area contributed by atoms with E-state index >= 15 is 0 Å². The van der Waals surface area contributed by atoms with Crippen molar-refractivity contribution in [2.45, 2.75) is 19.8 Å². The summed E-state index contributed by atoms with van der Waals surface area (Å²) in [6.45, 7) is 5.16. The number of hydrogen-bond acceptors (Lipinski definition) is 2. The Labute approximate surface area is 130 Å². The van der Waals surface area contributed by atoms with E-state index in [1.54, 1.807) is 0 Å². The molecule has 110 valence electrons. The van der Waals surface area contributed by atoms with Gasteiger partial charge in [0, 0.05) is 18.1 Å². The third-order valence-electron chi connectivity index (χ3n) is 4.07. The maximum absolute atomic E-state index is 12.5. The molecule has 1 aromatic rings. The summed E-state index contributed by atoms with van der Waals surface area (Å²) in [5, 5.41) is 0. The van der Waals surface area contributed by atoms with Crippen molar-refractivity contribution in [1.82, 2.24) is 9.80 Å². The molecule has 0 aromatic heterocycles. The number of rotatable bonds is 3. The first-order valence-electron chi connectivity index (χ1n) is 7.17. The Kier molecular flexibility index (Phi) is 5.22. The Balaban J connectivity index is 1.98. The van der Waals surface area contributed by atoms with Gasteiger partial charge in [0.1, 0.15) is 0 Å². The van der Waals surface area contributed by atoms with Crippen molar-refractivity contribution in [2.75, 3.05) is 33.7 Å². The molecule has 4 heteroatoms. The zero-order valence-corrected chi connectivity index (χ0v) is 14.1. The summed E-state index contributed by atoms with van der Waals surface area (Å²) in [5.74, 6) is 0.736. The van der Waals surface area contributed by atoms with Crippen LogP contribution in [0.3, 0.4) is 0 Å². The van der Waals surface area contributed by atoms with Gasteiger partial charge in [-0.3, -0.25) is 4.79 Å². The first-order chi connectivity index (χ1) is 9.47. The molecule has 1 saturated heterocycles. The first-order valence-corrected chi connectivity index (χ1v) is 7.97. The molecule has 1 amide bonds. The molecular formula is C16H23BrN2O. The summed E-state index contributed by atoms with van der Waals surface area (Å²) in [5.41, 5.74) is 1.91. The number of carbonyl (C=O) groups is 1. The van der Waals surface area contributed by atoms with Crippen molar-refractivity contribution in [3.63, 3.8) is 0 Å². The molecule has 0 bridgehead atoms. The van der Waals surface area contributed by atoms with E-state index < -0.39 is 0 Å². The second-order valence-corrected chi connectivity index (χ2v) is 6.77. The number of likely N-dealkylation sites (tertiary alicyclic amines) is 1. The lowest BCUT2D eigenvalue weighted by Gasteiger charge is -2.31. The highest BCUT2D eigenvalue weighted by atomic mass is 79.9.